The van der Waals surface area contributed by atoms with Gasteiger partial charge in [0, 0.05) is 0 Å². The zero-order valence-corrected chi connectivity index (χ0v) is 7.13. The lowest BCUT2D eigenvalue weighted by atomic mass is 10.4. The van der Waals surface area contributed by atoms with Gasteiger partial charge in [0.2, 0.25) is 0 Å². The van der Waals surface area contributed by atoms with E-state index in [0.29, 0.717) is 0 Å². The van der Waals surface area contributed by atoms with E-state index in [2.05, 4.69) is 11.4 Å². The van der Waals surface area contributed by atoms with E-state index >= 15 is 0 Å². The van der Waals surface area contributed by atoms with Crippen LogP contribution in [0.25, 0.3) is 4.85 Å². The van der Waals surface area contributed by atoms with Crippen molar-refractivity contribution in [3.8, 4) is 12.1 Å². The minimum atomic E-state index is -0.153. The molecule has 3 nitrogen and oxygen atoms in total. The van der Waals surface area contributed by atoms with Crippen molar-refractivity contribution in [1.82, 2.24) is 0 Å². The molecule has 3 heteroatoms. The van der Waals surface area contributed by atoms with Crippen LogP contribution in [0.5, 0.6) is 0 Å². The van der Waals surface area contributed by atoms with E-state index in [1.807, 2.05) is 13.8 Å². The molecule has 0 amide bonds. The molecule has 0 N–H and O–H groups in total. The summed E-state index contributed by atoms with van der Waals surface area (Å²) in [6.45, 7) is 13.7. The highest BCUT2D eigenvalue weighted by atomic mass is 14.6. The number of hydrogen-bond donors (Lipinski definition) is 0. The molecular weight excluding hydrogens is 150 g/mol. The van der Waals surface area contributed by atoms with Gasteiger partial charge in [0.25, 0.3) is 0 Å². The van der Waals surface area contributed by atoms with Crippen molar-refractivity contribution in [3.05, 3.63) is 35.3 Å². The number of rotatable bonds is 0. The smallest absolute Gasteiger partial charge is 0.182 e. The number of nitriles is 2. The third-order valence-corrected chi connectivity index (χ3v) is 0.435. The van der Waals surface area contributed by atoms with E-state index in [1.54, 1.807) is 0 Å². The van der Waals surface area contributed by atoms with Gasteiger partial charge in [0.05, 0.1) is 18.7 Å². The molecule has 60 valence electrons. The maximum absolute atomic E-state index is 7.97. The first kappa shape index (κ1) is 12.6. The molecule has 0 radical (unpaired) electrons. The van der Waals surface area contributed by atoms with Crippen LogP contribution in [-0.2, 0) is 0 Å². The van der Waals surface area contributed by atoms with Crippen LogP contribution in [0.3, 0.4) is 0 Å². The van der Waals surface area contributed by atoms with Gasteiger partial charge < -0.3 is 0 Å². The SMILES string of the molecule is C=C(C)C.[C-]#[N+]C=C(C#N)C#N. The van der Waals surface area contributed by atoms with Crippen LogP contribution in [0, 0.1) is 29.2 Å². The zero-order valence-electron chi connectivity index (χ0n) is 7.13. The average Bonchev–Trinajstić information content (AvgIpc) is 1.99. The zero-order chi connectivity index (χ0) is 9.98. The molecule has 0 aromatic carbocycles. The summed E-state index contributed by atoms with van der Waals surface area (Å²) in [5.41, 5.74) is 1.01. The Bertz CT molecular complexity index is 271. The maximum Gasteiger partial charge on any atom is 0.182 e. The highest BCUT2D eigenvalue weighted by Gasteiger charge is 1.84. The van der Waals surface area contributed by atoms with Gasteiger partial charge in [0.15, 0.2) is 6.20 Å². The van der Waals surface area contributed by atoms with Crippen LogP contribution in [0.2, 0.25) is 0 Å². The van der Waals surface area contributed by atoms with Crippen molar-refractivity contribution in [2.75, 3.05) is 0 Å². The summed E-state index contributed by atoms with van der Waals surface area (Å²) in [5, 5.41) is 15.9. The molecule has 0 spiro atoms. The minimum absolute atomic E-state index is 0.153. The van der Waals surface area contributed by atoms with Crippen LogP contribution in [-0.4, -0.2) is 0 Å². The molecule has 0 aliphatic rings. The van der Waals surface area contributed by atoms with Crippen LogP contribution >= 0.6 is 0 Å². The lowest BCUT2D eigenvalue weighted by Crippen LogP contribution is -1.64. The van der Waals surface area contributed by atoms with Crippen molar-refractivity contribution >= 4 is 0 Å². The van der Waals surface area contributed by atoms with E-state index in [1.165, 1.54) is 17.7 Å². The first-order valence-corrected chi connectivity index (χ1v) is 3.07. The molecule has 0 fully saturated rings. The van der Waals surface area contributed by atoms with Crippen LogP contribution in [0.4, 0.5) is 0 Å². The Kier molecular flexibility index (Phi) is 9.41. The molecule has 0 saturated heterocycles. The largest absolute Gasteiger partial charge is 0.244 e. The Hall–Kier alpha value is -2.05. The number of allylic oxidation sites excluding steroid dienone is 2. The Labute approximate surface area is 72.7 Å². The van der Waals surface area contributed by atoms with E-state index in [9.17, 15) is 0 Å². The van der Waals surface area contributed by atoms with Crippen LogP contribution in [0.15, 0.2) is 23.9 Å². The van der Waals surface area contributed by atoms with E-state index < -0.39 is 0 Å². The van der Waals surface area contributed by atoms with Gasteiger partial charge in [-0.2, -0.15) is 10.5 Å². The first-order chi connectivity index (χ1) is 5.58. The third-order valence-electron chi connectivity index (χ3n) is 0.435. The second kappa shape index (κ2) is 8.95. The summed E-state index contributed by atoms with van der Waals surface area (Å²) in [7, 11) is 0. The van der Waals surface area contributed by atoms with Gasteiger partial charge >= 0.3 is 0 Å². The molecule has 0 rings (SSSR count). The summed E-state index contributed by atoms with van der Waals surface area (Å²) in [6.07, 6.45) is 0.889. The van der Waals surface area contributed by atoms with E-state index in [4.69, 9.17) is 17.1 Å². The van der Waals surface area contributed by atoms with Crippen molar-refractivity contribution in [1.29, 1.82) is 10.5 Å². The quantitative estimate of drug-likeness (QED) is 0.309. The van der Waals surface area contributed by atoms with Crippen molar-refractivity contribution in [2.24, 2.45) is 0 Å². The van der Waals surface area contributed by atoms with E-state index in [0.717, 1.165) is 6.20 Å². The molecule has 0 aliphatic carbocycles. The van der Waals surface area contributed by atoms with Gasteiger partial charge in [-0.05, 0) is 13.8 Å². The molecule has 0 aromatic heterocycles. The molecule has 0 heterocycles. The second-order valence-corrected chi connectivity index (χ2v) is 2.10. The molecule has 0 bridgehead atoms. The second-order valence-electron chi connectivity index (χ2n) is 2.10. The Morgan fingerprint density at radius 3 is 1.83 bits per heavy atom. The molecule has 0 aliphatic heterocycles. The predicted octanol–water partition coefficient (Wildman–Crippen LogP) is 2.42. The number of hydrogen-bond acceptors (Lipinski definition) is 2. The molecule has 0 aromatic rings. The van der Waals surface area contributed by atoms with Crippen LogP contribution in [0.1, 0.15) is 13.8 Å². The lowest BCUT2D eigenvalue weighted by Gasteiger charge is -1.66. The highest BCUT2D eigenvalue weighted by Crippen LogP contribution is 1.86. The average molecular weight is 159 g/mol. The highest BCUT2D eigenvalue weighted by molar-refractivity contribution is 5.36. The van der Waals surface area contributed by atoms with Crippen molar-refractivity contribution < 1.29 is 0 Å². The van der Waals surface area contributed by atoms with Crippen molar-refractivity contribution in [3.63, 3.8) is 0 Å². The summed E-state index contributed by atoms with van der Waals surface area (Å²) >= 11 is 0. The van der Waals surface area contributed by atoms with Gasteiger partial charge in [-0.3, -0.25) is 0 Å². The first-order valence-electron chi connectivity index (χ1n) is 3.07. The summed E-state index contributed by atoms with van der Waals surface area (Å²) < 4.78 is 0. The summed E-state index contributed by atoms with van der Waals surface area (Å²) in [6, 6.07) is 3.08. The predicted molar refractivity (Wildman–Crippen MR) is 46.4 cm³/mol. The standard InChI is InChI=1S/C5HN3.C4H8/c1-8-4-5(2-6)3-7;1-4(2)3/h4H;1H2,2-3H3. The Morgan fingerprint density at radius 2 is 1.75 bits per heavy atom. The number of nitrogens with zero attached hydrogens (tertiary/aromatic N) is 3. The van der Waals surface area contributed by atoms with Gasteiger partial charge in [-0.25, -0.2) is 4.85 Å². The van der Waals surface area contributed by atoms with Crippen LogP contribution < -0.4 is 0 Å². The molecule has 12 heavy (non-hydrogen) atoms. The fourth-order valence-electron chi connectivity index (χ4n) is 0.147. The van der Waals surface area contributed by atoms with Gasteiger partial charge in [-0.15, -0.1) is 6.58 Å². The molecule has 0 saturated carbocycles. The normalized spacial score (nSPS) is 5.58. The Morgan fingerprint density at radius 1 is 1.42 bits per heavy atom. The maximum atomic E-state index is 7.97. The minimum Gasteiger partial charge on any atom is -0.244 e. The van der Waals surface area contributed by atoms with Crippen molar-refractivity contribution in [2.45, 2.75) is 13.8 Å². The van der Waals surface area contributed by atoms with Gasteiger partial charge in [-0.1, -0.05) is 5.57 Å². The monoisotopic (exact) mass is 159 g/mol. The fraction of sp³-hybridized carbons (Fsp3) is 0.222. The third kappa shape index (κ3) is 15.7. The summed E-state index contributed by atoms with van der Waals surface area (Å²) in [4.78, 5) is 2.72. The van der Waals surface area contributed by atoms with Gasteiger partial charge in [0.1, 0.15) is 5.57 Å². The van der Waals surface area contributed by atoms with E-state index in [-0.39, 0.29) is 5.57 Å². The molecule has 0 atom stereocenters. The Balaban J connectivity index is 0. The lowest BCUT2D eigenvalue weighted by molar-refractivity contribution is 1.42. The summed E-state index contributed by atoms with van der Waals surface area (Å²) in [5.74, 6) is 0. The molecule has 0 unspecified atom stereocenters. The molecular formula is C9H9N3. The fourth-order valence-corrected chi connectivity index (χ4v) is 0.147. The topological polar surface area (TPSA) is 51.9 Å².